The second-order valence-corrected chi connectivity index (χ2v) is 8.57. The van der Waals surface area contributed by atoms with Crippen molar-refractivity contribution < 1.29 is 14.3 Å². The minimum atomic E-state index is -0.835. The van der Waals surface area contributed by atoms with Crippen LogP contribution in [0.1, 0.15) is 31.4 Å². The molecule has 0 bridgehead atoms. The fourth-order valence-electron chi connectivity index (χ4n) is 3.25. The molecule has 0 aliphatic carbocycles. The van der Waals surface area contributed by atoms with E-state index in [9.17, 15) is 4.79 Å². The molecule has 1 atom stereocenters. The van der Waals surface area contributed by atoms with Crippen molar-refractivity contribution in [2.24, 2.45) is 0 Å². The molecule has 4 heteroatoms. The van der Waals surface area contributed by atoms with E-state index in [4.69, 9.17) is 9.47 Å². The molecule has 1 heterocycles. The molecule has 0 saturated heterocycles. The van der Waals surface area contributed by atoms with Crippen molar-refractivity contribution in [1.29, 1.82) is 0 Å². The van der Waals surface area contributed by atoms with E-state index < -0.39 is 5.41 Å². The molecule has 1 unspecified atom stereocenters. The minimum Gasteiger partial charge on any atom is -0.497 e. The maximum atomic E-state index is 12.9. The Morgan fingerprint density at radius 3 is 2.48 bits per heavy atom. The van der Waals surface area contributed by atoms with Crippen molar-refractivity contribution >= 4 is 21.9 Å². The summed E-state index contributed by atoms with van der Waals surface area (Å²) in [4.78, 5) is 12.9. The number of fused-ring (bicyclic) bond motifs is 1. The van der Waals surface area contributed by atoms with Gasteiger partial charge in [0.1, 0.15) is 16.9 Å². The fraction of sp³-hybridized carbons (Fsp3) is 0.316. The Labute approximate surface area is 144 Å². The minimum absolute atomic E-state index is 0.230. The molecule has 0 N–H and O–H groups in total. The maximum Gasteiger partial charge on any atom is 0.326 e. The number of alkyl halides is 1. The number of hydrogen-bond donors (Lipinski definition) is 0. The monoisotopic (exact) mass is 374 g/mol. The molecule has 0 saturated carbocycles. The Bertz CT molecular complexity index is 734. The van der Waals surface area contributed by atoms with Gasteiger partial charge in [0.15, 0.2) is 0 Å². The molecule has 23 heavy (non-hydrogen) atoms. The van der Waals surface area contributed by atoms with Gasteiger partial charge in [-0.25, -0.2) is 0 Å². The first-order chi connectivity index (χ1) is 10.9. The van der Waals surface area contributed by atoms with Crippen LogP contribution in [0.15, 0.2) is 48.5 Å². The van der Waals surface area contributed by atoms with Gasteiger partial charge in [-0.05, 0) is 30.2 Å². The van der Waals surface area contributed by atoms with Crippen LogP contribution in [-0.4, -0.2) is 17.4 Å². The molecule has 0 radical (unpaired) electrons. The second-order valence-electron chi connectivity index (χ2n) is 6.42. The summed E-state index contributed by atoms with van der Waals surface area (Å²) in [6.45, 7) is 4.12. The molecule has 0 aromatic heterocycles. The van der Waals surface area contributed by atoms with Gasteiger partial charge in [-0.3, -0.25) is 4.79 Å². The Hall–Kier alpha value is -1.81. The summed E-state index contributed by atoms with van der Waals surface area (Å²) in [5.74, 6) is 1.09. The summed E-state index contributed by atoms with van der Waals surface area (Å²) in [7, 11) is 1.62. The fourth-order valence-corrected chi connectivity index (χ4v) is 3.67. The SMILES string of the molecule is COc1ccc2c(c1)C(CC(C)(C)Br)(c1ccccc1)C(=O)O2. The lowest BCUT2D eigenvalue weighted by atomic mass is 9.70. The highest BCUT2D eigenvalue weighted by atomic mass is 79.9. The number of halogens is 1. The van der Waals surface area contributed by atoms with Crippen molar-refractivity contribution in [3.05, 3.63) is 59.7 Å². The predicted octanol–water partition coefficient (Wildman–Crippen LogP) is 4.46. The van der Waals surface area contributed by atoms with Crippen LogP contribution in [0.25, 0.3) is 0 Å². The number of methoxy groups -OCH3 is 1. The molecule has 1 aliphatic rings. The third kappa shape index (κ3) is 2.76. The van der Waals surface area contributed by atoms with E-state index in [0.29, 0.717) is 12.2 Å². The quantitative estimate of drug-likeness (QED) is 0.450. The number of rotatable bonds is 4. The van der Waals surface area contributed by atoms with Crippen molar-refractivity contribution in [3.63, 3.8) is 0 Å². The highest BCUT2D eigenvalue weighted by Crippen LogP contribution is 2.51. The van der Waals surface area contributed by atoms with Gasteiger partial charge in [-0.1, -0.05) is 60.1 Å². The lowest BCUT2D eigenvalue weighted by Crippen LogP contribution is -2.39. The number of ether oxygens (including phenoxy) is 2. The van der Waals surface area contributed by atoms with E-state index >= 15 is 0 Å². The zero-order chi connectivity index (χ0) is 16.7. The second kappa shape index (κ2) is 5.68. The summed E-state index contributed by atoms with van der Waals surface area (Å²) >= 11 is 3.70. The molecule has 0 amide bonds. The van der Waals surface area contributed by atoms with Crippen LogP contribution >= 0.6 is 15.9 Å². The molecule has 120 valence electrons. The Kier molecular flexibility index (Phi) is 3.96. The lowest BCUT2D eigenvalue weighted by molar-refractivity contribution is -0.137. The molecular weight excluding hydrogens is 356 g/mol. The zero-order valence-corrected chi connectivity index (χ0v) is 15.0. The van der Waals surface area contributed by atoms with Gasteiger partial charge in [-0.2, -0.15) is 0 Å². The molecule has 0 spiro atoms. The first-order valence-corrected chi connectivity index (χ1v) is 8.31. The van der Waals surface area contributed by atoms with Gasteiger partial charge in [0.25, 0.3) is 0 Å². The number of carbonyl (C=O) groups excluding carboxylic acids is 1. The van der Waals surface area contributed by atoms with E-state index in [-0.39, 0.29) is 10.3 Å². The molecule has 2 aromatic carbocycles. The number of esters is 1. The van der Waals surface area contributed by atoms with Crippen LogP contribution in [0.4, 0.5) is 0 Å². The number of hydrogen-bond acceptors (Lipinski definition) is 3. The third-order valence-corrected chi connectivity index (χ3v) is 4.43. The van der Waals surface area contributed by atoms with Crippen LogP contribution in [0, 0.1) is 0 Å². The van der Waals surface area contributed by atoms with Crippen molar-refractivity contribution in [3.8, 4) is 11.5 Å². The lowest BCUT2D eigenvalue weighted by Gasteiger charge is -2.32. The van der Waals surface area contributed by atoms with Gasteiger partial charge >= 0.3 is 5.97 Å². The Morgan fingerprint density at radius 1 is 1.17 bits per heavy atom. The summed E-state index contributed by atoms with van der Waals surface area (Å²) in [6.07, 6.45) is 0.586. The molecule has 0 fully saturated rings. The number of carbonyl (C=O) groups is 1. The molecular formula is C19H19BrO3. The highest BCUT2D eigenvalue weighted by Gasteiger charge is 2.52. The topological polar surface area (TPSA) is 35.5 Å². The van der Waals surface area contributed by atoms with E-state index in [2.05, 4.69) is 29.8 Å². The molecule has 1 aliphatic heterocycles. The van der Waals surface area contributed by atoms with Crippen LogP contribution in [-0.2, 0) is 10.2 Å². The maximum absolute atomic E-state index is 12.9. The Morgan fingerprint density at radius 2 is 1.87 bits per heavy atom. The summed E-state index contributed by atoms with van der Waals surface area (Å²) < 4.78 is 10.7. The highest BCUT2D eigenvalue weighted by molar-refractivity contribution is 9.10. The van der Waals surface area contributed by atoms with Crippen molar-refractivity contribution in [2.45, 2.75) is 30.0 Å². The predicted molar refractivity (Wildman–Crippen MR) is 93.5 cm³/mol. The van der Waals surface area contributed by atoms with Gasteiger partial charge < -0.3 is 9.47 Å². The van der Waals surface area contributed by atoms with E-state index in [1.165, 1.54) is 0 Å². The molecule has 2 aromatic rings. The molecule has 3 rings (SSSR count). The van der Waals surface area contributed by atoms with Crippen LogP contribution in [0.5, 0.6) is 11.5 Å². The third-order valence-electron chi connectivity index (χ3n) is 4.15. The van der Waals surface area contributed by atoms with Crippen LogP contribution in [0.2, 0.25) is 0 Å². The van der Waals surface area contributed by atoms with Gasteiger partial charge in [0.2, 0.25) is 0 Å². The van der Waals surface area contributed by atoms with Gasteiger partial charge in [0.05, 0.1) is 7.11 Å². The van der Waals surface area contributed by atoms with Crippen LogP contribution in [0.3, 0.4) is 0 Å². The largest absolute Gasteiger partial charge is 0.497 e. The number of benzene rings is 2. The van der Waals surface area contributed by atoms with Gasteiger partial charge in [-0.15, -0.1) is 0 Å². The average molecular weight is 375 g/mol. The van der Waals surface area contributed by atoms with E-state index in [1.807, 2.05) is 42.5 Å². The average Bonchev–Trinajstić information content (AvgIpc) is 2.79. The van der Waals surface area contributed by atoms with Crippen molar-refractivity contribution in [2.75, 3.05) is 7.11 Å². The summed E-state index contributed by atoms with van der Waals surface area (Å²) in [5, 5.41) is 0. The first kappa shape index (κ1) is 16.1. The zero-order valence-electron chi connectivity index (χ0n) is 13.4. The summed E-state index contributed by atoms with van der Waals surface area (Å²) in [5.41, 5.74) is 0.961. The van der Waals surface area contributed by atoms with Crippen LogP contribution < -0.4 is 9.47 Å². The normalized spacial score (nSPS) is 20.1. The van der Waals surface area contributed by atoms with Gasteiger partial charge in [0, 0.05) is 9.89 Å². The van der Waals surface area contributed by atoms with E-state index in [0.717, 1.165) is 16.9 Å². The first-order valence-electron chi connectivity index (χ1n) is 7.52. The smallest absolute Gasteiger partial charge is 0.326 e. The summed E-state index contributed by atoms with van der Waals surface area (Å²) in [6, 6.07) is 15.3. The Balaban J connectivity index is 2.27. The molecule has 3 nitrogen and oxygen atoms in total. The van der Waals surface area contributed by atoms with E-state index in [1.54, 1.807) is 13.2 Å². The van der Waals surface area contributed by atoms with Crippen molar-refractivity contribution in [1.82, 2.24) is 0 Å². The standard InChI is InChI=1S/C19H19BrO3/c1-18(2,20)12-19(13-7-5-4-6-8-13)15-11-14(22-3)9-10-16(15)23-17(19)21/h4-11H,12H2,1-3H3.